The van der Waals surface area contributed by atoms with E-state index in [1.165, 1.54) is 0 Å². The SMILES string of the molecule is C=CS(=O)(=O)Nc1ccc(CC2CCN(C)CC2)c(-c2cn(C)c(=O)c3ccccc23)c1. The van der Waals surface area contributed by atoms with E-state index in [1.807, 2.05) is 42.6 Å². The number of rotatable bonds is 6. The summed E-state index contributed by atoms with van der Waals surface area (Å²) in [6.07, 6.45) is 5.03. The molecule has 168 valence electrons. The lowest BCUT2D eigenvalue weighted by atomic mass is 9.86. The lowest BCUT2D eigenvalue weighted by molar-refractivity contribution is 0.219. The van der Waals surface area contributed by atoms with Crippen molar-refractivity contribution in [1.82, 2.24) is 9.47 Å². The van der Waals surface area contributed by atoms with Crippen molar-refractivity contribution < 1.29 is 8.42 Å². The molecule has 0 unspecified atom stereocenters. The summed E-state index contributed by atoms with van der Waals surface area (Å²) in [5.41, 5.74) is 3.45. The number of benzene rings is 2. The third-order valence-corrected chi connectivity index (χ3v) is 7.28. The minimum atomic E-state index is -3.62. The Labute approximate surface area is 189 Å². The molecule has 2 heterocycles. The summed E-state index contributed by atoms with van der Waals surface area (Å²) >= 11 is 0. The number of sulfonamides is 1. The maximum Gasteiger partial charge on any atom is 0.258 e. The van der Waals surface area contributed by atoms with Crippen LogP contribution in [0.15, 0.2) is 65.4 Å². The van der Waals surface area contributed by atoms with Gasteiger partial charge in [0.05, 0.1) is 0 Å². The molecule has 3 aromatic rings. The molecule has 4 rings (SSSR count). The highest BCUT2D eigenvalue weighted by Gasteiger charge is 2.20. The molecule has 7 heteroatoms. The summed E-state index contributed by atoms with van der Waals surface area (Å²) in [6, 6.07) is 13.3. The van der Waals surface area contributed by atoms with Crippen LogP contribution in [0.3, 0.4) is 0 Å². The van der Waals surface area contributed by atoms with Gasteiger partial charge in [0.2, 0.25) is 0 Å². The van der Waals surface area contributed by atoms with Crippen LogP contribution in [0.25, 0.3) is 21.9 Å². The molecule has 32 heavy (non-hydrogen) atoms. The van der Waals surface area contributed by atoms with E-state index in [-0.39, 0.29) is 5.56 Å². The number of nitrogens with one attached hydrogen (secondary N) is 1. The Bertz CT molecular complexity index is 1320. The average molecular weight is 452 g/mol. The van der Waals surface area contributed by atoms with Crippen molar-refractivity contribution in [3.05, 3.63) is 76.6 Å². The minimum absolute atomic E-state index is 0.0512. The van der Waals surface area contributed by atoms with Gasteiger partial charge in [0.1, 0.15) is 0 Å². The van der Waals surface area contributed by atoms with Crippen LogP contribution in [0.2, 0.25) is 0 Å². The van der Waals surface area contributed by atoms with Gasteiger partial charge in [-0.15, -0.1) is 0 Å². The smallest absolute Gasteiger partial charge is 0.258 e. The molecule has 0 amide bonds. The maximum absolute atomic E-state index is 12.7. The highest BCUT2D eigenvalue weighted by atomic mass is 32.2. The molecule has 0 saturated carbocycles. The van der Waals surface area contributed by atoms with Gasteiger partial charge in [-0.1, -0.05) is 30.8 Å². The van der Waals surface area contributed by atoms with Gasteiger partial charge >= 0.3 is 0 Å². The highest BCUT2D eigenvalue weighted by Crippen LogP contribution is 2.34. The second-order valence-corrected chi connectivity index (χ2v) is 10.3. The van der Waals surface area contributed by atoms with Gasteiger partial charge in [-0.2, -0.15) is 0 Å². The van der Waals surface area contributed by atoms with Crippen molar-refractivity contribution >= 4 is 26.5 Å². The zero-order chi connectivity index (χ0) is 22.9. The summed E-state index contributed by atoms with van der Waals surface area (Å²) < 4.78 is 28.3. The Hall–Kier alpha value is -2.90. The fraction of sp³-hybridized carbons (Fsp3) is 0.320. The Balaban J connectivity index is 1.86. The number of aryl methyl sites for hydroxylation is 1. The molecule has 1 saturated heterocycles. The Morgan fingerprint density at radius 3 is 2.44 bits per heavy atom. The number of hydrogen-bond donors (Lipinski definition) is 1. The number of hydrogen-bond acceptors (Lipinski definition) is 4. The van der Waals surface area contributed by atoms with Gasteiger partial charge in [0.25, 0.3) is 15.6 Å². The average Bonchev–Trinajstić information content (AvgIpc) is 2.78. The van der Waals surface area contributed by atoms with Crippen molar-refractivity contribution in [3.63, 3.8) is 0 Å². The largest absolute Gasteiger partial charge is 0.317 e. The van der Waals surface area contributed by atoms with Crippen LogP contribution in [0, 0.1) is 5.92 Å². The molecule has 6 nitrogen and oxygen atoms in total. The van der Waals surface area contributed by atoms with Crippen LogP contribution in [0.5, 0.6) is 0 Å². The summed E-state index contributed by atoms with van der Waals surface area (Å²) in [4.78, 5) is 15.0. The number of anilines is 1. The minimum Gasteiger partial charge on any atom is -0.317 e. The van der Waals surface area contributed by atoms with Gasteiger partial charge in [0, 0.05) is 35.3 Å². The molecule has 2 aromatic carbocycles. The number of aromatic nitrogens is 1. The zero-order valence-electron chi connectivity index (χ0n) is 18.5. The van der Waals surface area contributed by atoms with Crippen LogP contribution in [-0.4, -0.2) is 38.0 Å². The van der Waals surface area contributed by atoms with Crippen LogP contribution in [0.4, 0.5) is 5.69 Å². The van der Waals surface area contributed by atoms with Crippen LogP contribution in [0.1, 0.15) is 18.4 Å². The monoisotopic (exact) mass is 451 g/mol. The van der Waals surface area contributed by atoms with Crippen LogP contribution < -0.4 is 10.3 Å². The molecule has 1 aromatic heterocycles. The molecule has 0 aliphatic carbocycles. The van der Waals surface area contributed by atoms with E-state index in [2.05, 4.69) is 23.2 Å². The third kappa shape index (κ3) is 4.64. The van der Waals surface area contributed by atoms with E-state index in [9.17, 15) is 13.2 Å². The molecule has 1 aliphatic rings. The molecule has 1 N–H and O–H groups in total. The van der Waals surface area contributed by atoms with Gasteiger partial charge in [-0.05, 0) is 80.0 Å². The van der Waals surface area contributed by atoms with Gasteiger partial charge in [0.15, 0.2) is 0 Å². The van der Waals surface area contributed by atoms with E-state index in [1.54, 1.807) is 17.7 Å². The lowest BCUT2D eigenvalue weighted by Crippen LogP contribution is -2.31. The molecule has 1 fully saturated rings. The van der Waals surface area contributed by atoms with Gasteiger partial charge < -0.3 is 9.47 Å². The molecule has 0 spiro atoms. The Morgan fingerprint density at radius 2 is 1.75 bits per heavy atom. The van der Waals surface area contributed by atoms with E-state index in [0.29, 0.717) is 17.0 Å². The van der Waals surface area contributed by atoms with E-state index in [4.69, 9.17) is 0 Å². The topological polar surface area (TPSA) is 71.4 Å². The Morgan fingerprint density at radius 1 is 1.06 bits per heavy atom. The number of piperidine rings is 1. The fourth-order valence-corrected chi connectivity index (χ4v) is 5.02. The molecule has 0 atom stereocenters. The standard InChI is InChI=1S/C25H29N3O3S/c1-4-32(30,31)26-20-10-9-19(15-18-11-13-27(2)14-12-18)23(16-20)24-17-28(3)25(29)22-8-6-5-7-21(22)24/h4-10,16-18,26H,1,11-15H2,2-3H3. The molecule has 0 radical (unpaired) electrons. The summed E-state index contributed by atoms with van der Waals surface area (Å²) in [5.74, 6) is 0.569. The summed E-state index contributed by atoms with van der Waals surface area (Å²) in [7, 11) is 0.279. The first-order chi connectivity index (χ1) is 15.3. The lowest BCUT2D eigenvalue weighted by Gasteiger charge is -2.29. The van der Waals surface area contributed by atoms with Gasteiger partial charge in [-0.25, -0.2) is 8.42 Å². The zero-order valence-corrected chi connectivity index (χ0v) is 19.4. The van der Waals surface area contributed by atoms with E-state index >= 15 is 0 Å². The summed E-state index contributed by atoms with van der Waals surface area (Å²) in [6.45, 7) is 5.55. The van der Waals surface area contributed by atoms with Crippen molar-refractivity contribution in [2.75, 3.05) is 24.9 Å². The Kier molecular flexibility index (Phi) is 6.22. The maximum atomic E-state index is 12.7. The molecular formula is C25H29N3O3S. The predicted octanol–water partition coefficient (Wildman–Crippen LogP) is 3.98. The van der Waals surface area contributed by atoms with Crippen molar-refractivity contribution in [1.29, 1.82) is 0 Å². The van der Waals surface area contributed by atoms with E-state index < -0.39 is 10.0 Å². The number of nitrogens with zero attached hydrogens (tertiary/aromatic N) is 2. The van der Waals surface area contributed by atoms with Crippen molar-refractivity contribution in [2.45, 2.75) is 19.3 Å². The quantitative estimate of drug-likeness (QED) is 0.616. The molecule has 1 aliphatic heterocycles. The normalized spacial score (nSPS) is 15.7. The second-order valence-electron chi connectivity index (χ2n) is 8.64. The number of fused-ring (bicyclic) bond motifs is 1. The fourth-order valence-electron chi connectivity index (χ4n) is 4.48. The first kappa shape index (κ1) is 22.3. The molecule has 0 bridgehead atoms. The molecular weight excluding hydrogens is 422 g/mol. The third-order valence-electron chi connectivity index (χ3n) is 6.32. The van der Waals surface area contributed by atoms with E-state index in [0.717, 1.165) is 59.8 Å². The van der Waals surface area contributed by atoms with Crippen molar-refractivity contribution in [3.8, 4) is 11.1 Å². The second kappa shape index (κ2) is 8.92. The predicted molar refractivity (Wildman–Crippen MR) is 131 cm³/mol. The first-order valence-electron chi connectivity index (χ1n) is 10.8. The van der Waals surface area contributed by atoms with Crippen LogP contribution in [-0.2, 0) is 23.5 Å². The van der Waals surface area contributed by atoms with Crippen LogP contribution >= 0.6 is 0 Å². The first-order valence-corrected chi connectivity index (χ1v) is 12.4. The summed E-state index contributed by atoms with van der Waals surface area (Å²) in [5, 5.41) is 2.42. The van der Waals surface area contributed by atoms with Gasteiger partial charge in [-0.3, -0.25) is 9.52 Å². The highest BCUT2D eigenvalue weighted by molar-refractivity contribution is 7.95. The number of likely N-dealkylation sites (tertiary alicyclic amines) is 1. The number of pyridine rings is 1. The van der Waals surface area contributed by atoms with Crippen molar-refractivity contribution in [2.24, 2.45) is 13.0 Å².